The Hall–Kier alpha value is -3.55. The van der Waals surface area contributed by atoms with Crippen LogP contribution in [0.1, 0.15) is 55.7 Å². The Kier molecular flexibility index (Phi) is 6.03. The summed E-state index contributed by atoms with van der Waals surface area (Å²) in [6.45, 7) is 2.34. The third kappa shape index (κ3) is 4.18. The molecule has 0 radical (unpaired) electrons. The number of carbonyl (C=O) groups is 2. The highest BCUT2D eigenvalue weighted by molar-refractivity contribution is 6.02. The lowest BCUT2D eigenvalue weighted by Gasteiger charge is -2.42. The number of aryl methyl sites for hydroxylation is 1. The van der Waals surface area contributed by atoms with Crippen LogP contribution in [0.15, 0.2) is 42.6 Å². The van der Waals surface area contributed by atoms with Crippen molar-refractivity contribution < 1.29 is 14.3 Å². The smallest absolute Gasteiger partial charge is 0.434 e. The first-order valence-electron chi connectivity index (χ1n) is 13.1. The standard InChI is InChI=1S/C28H33N5O3/c1-36-28(35)33-26-8-4-7-24(23(26)16-29-33)30-27(34)31-25-12-9-19-15-21(10-11-22(19)25)32-14-13-18-5-2-3-6-20(18)17-32/h4,7-8,10-11,15-16,18,20,25H,2-3,5-6,9,12-14,17H2,1H3,(H2,30,31,34)/t18-,20+,25?/m1/s1. The predicted octanol–water partition coefficient (Wildman–Crippen LogP) is 5.48. The van der Waals surface area contributed by atoms with E-state index in [4.69, 9.17) is 4.74 Å². The van der Waals surface area contributed by atoms with Gasteiger partial charge in [-0.15, -0.1) is 0 Å². The summed E-state index contributed by atoms with van der Waals surface area (Å²) in [5, 5.41) is 10.9. The summed E-state index contributed by atoms with van der Waals surface area (Å²) in [7, 11) is 1.31. The molecule has 36 heavy (non-hydrogen) atoms. The molecule has 2 N–H and O–H groups in total. The van der Waals surface area contributed by atoms with E-state index in [-0.39, 0.29) is 12.1 Å². The number of amides is 2. The number of ether oxygens (including phenoxy) is 1. The van der Waals surface area contributed by atoms with Gasteiger partial charge in [-0.05, 0) is 72.9 Å². The van der Waals surface area contributed by atoms with E-state index in [2.05, 4.69) is 38.8 Å². The van der Waals surface area contributed by atoms with E-state index in [1.807, 2.05) is 0 Å². The molecule has 6 rings (SSSR count). The minimum Gasteiger partial charge on any atom is -0.451 e. The predicted molar refractivity (Wildman–Crippen MR) is 139 cm³/mol. The molecule has 3 aromatic rings. The molecule has 2 heterocycles. The number of rotatable bonds is 3. The Balaban J connectivity index is 1.13. The molecule has 1 saturated carbocycles. The highest BCUT2D eigenvalue weighted by Gasteiger charge is 2.32. The molecule has 2 fully saturated rings. The number of hydrogen-bond acceptors (Lipinski definition) is 5. The van der Waals surface area contributed by atoms with Gasteiger partial charge in [-0.25, -0.2) is 9.59 Å². The minimum atomic E-state index is -0.573. The maximum absolute atomic E-state index is 12.9. The zero-order chi connectivity index (χ0) is 24.6. The molecule has 2 amide bonds. The number of fused-ring (bicyclic) bond motifs is 3. The Morgan fingerprint density at radius 1 is 1.06 bits per heavy atom. The van der Waals surface area contributed by atoms with Crippen LogP contribution in [0, 0.1) is 11.8 Å². The number of hydrogen-bond donors (Lipinski definition) is 2. The molecule has 1 aromatic heterocycles. The topological polar surface area (TPSA) is 88.5 Å². The second-order valence-corrected chi connectivity index (χ2v) is 10.4. The molecule has 1 unspecified atom stereocenters. The van der Waals surface area contributed by atoms with Gasteiger partial charge in [0.15, 0.2) is 0 Å². The molecule has 3 aliphatic rings. The average Bonchev–Trinajstić information content (AvgIpc) is 3.52. The van der Waals surface area contributed by atoms with Crippen molar-refractivity contribution in [3.63, 3.8) is 0 Å². The minimum absolute atomic E-state index is 0.0184. The van der Waals surface area contributed by atoms with Gasteiger partial charge in [0.1, 0.15) is 0 Å². The van der Waals surface area contributed by atoms with Crippen molar-refractivity contribution in [2.24, 2.45) is 11.8 Å². The number of urea groups is 1. The van der Waals surface area contributed by atoms with Crippen LogP contribution in [-0.2, 0) is 11.2 Å². The summed E-state index contributed by atoms with van der Waals surface area (Å²) in [5.74, 6) is 1.78. The molecule has 1 aliphatic heterocycles. The second kappa shape index (κ2) is 9.48. The Bertz CT molecular complexity index is 1300. The van der Waals surface area contributed by atoms with Gasteiger partial charge >= 0.3 is 12.1 Å². The van der Waals surface area contributed by atoms with Crippen LogP contribution < -0.4 is 15.5 Å². The zero-order valence-corrected chi connectivity index (χ0v) is 20.7. The van der Waals surface area contributed by atoms with Crippen molar-refractivity contribution in [2.75, 3.05) is 30.4 Å². The van der Waals surface area contributed by atoms with Crippen LogP contribution in [0.5, 0.6) is 0 Å². The van der Waals surface area contributed by atoms with E-state index in [9.17, 15) is 9.59 Å². The molecule has 8 heteroatoms. The SMILES string of the molecule is COC(=O)n1ncc2c(NC(=O)NC3CCc4cc(N5CC[C@H]6CCCC[C@H]6C5)ccc43)cccc21. The van der Waals surface area contributed by atoms with Crippen molar-refractivity contribution >= 4 is 34.4 Å². The maximum atomic E-state index is 12.9. The summed E-state index contributed by atoms with van der Waals surface area (Å²) in [5.41, 5.74) is 5.05. The average molecular weight is 488 g/mol. The number of carbonyl (C=O) groups excluding carboxylic acids is 2. The molecular weight excluding hydrogens is 454 g/mol. The molecule has 1 saturated heterocycles. The van der Waals surface area contributed by atoms with Gasteiger partial charge in [0.2, 0.25) is 0 Å². The van der Waals surface area contributed by atoms with Gasteiger partial charge in [0.25, 0.3) is 0 Å². The Morgan fingerprint density at radius 3 is 2.78 bits per heavy atom. The molecule has 0 spiro atoms. The fourth-order valence-corrected chi connectivity index (χ4v) is 6.49. The summed E-state index contributed by atoms with van der Waals surface area (Å²) in [6, 6.07) is 11.9. The molecule has 188 valence electrons. The van der Waals surface area contributed by atoms with Crippen molar-refractivity contribution in [3.05, 3.63) is 53.7 Å². The van der Waals surface area contributed by atoms with Crippen molar-refractivity contribution in [3.8, 4) is 0 Å². The van der Waals surface area contributed by atoms with Crippen LogP contribution in [0.4, 0.5) is 21.0 Å². The number of aromatic nitrogens is 2. The molecule has 0 bridgehead atoms. The van der Waals surface area contributed by atoms with E-state index in [1.165, 1.54) is 67.3 Å². The van der Waals surface area contributed by atoms with Crippen LogP contribution in [0.3, 0.4) is 0 Å². The van der Waals surface area contributed by atoms with Gasteiger partial charge in [0, 0.05) is 24.2 Å². The summed E-state index contributed by atoms with van der Waals surface area (Å²) < 4.78 is 5.96. The fraction of sp³-hybridized carbons (Fsp3) is 0.464. The summed E-state index contributed by atoms with van der Waals surface area (Å²) in [6.07, 6.45) is 9.76. The molecule has 3 atom stereocenters. The van der Waals surface area contributed by atoms with Gasteiger partial charge in [0.05, 0.1) is 30.6 Å². The van der Waals surface area contributed by atoms with Crippen LogP contribution in [0.25, 0.3) is 10.9 Å². The normalized spacial score (nSPS) is 23.1. The van der Waals surface area contributed by atoms with Crippen LogP contribution in [-0.4, -0.2) is 42.1 Å². The van der Waals surface area contributed by atoms with Gasteiger partial charge in [-0.3, -0.25) is 0 Å². The van der Waals surface area contributed by atoms with Crippen molar-refractivity contribution in [1.29, 1.82) is 0 Å². The monoisotopic (exact) mass is 487 g/mol. The number of piperidine rings is 1. The first kappa shape index (κ1) is 22.9. The maximum Gasteiger partial charge on any atom is 0.434 e. The van der Waals surface area contributed by atoms with Crippen molar-refractivity contribution in [2.45, 2.75) is 51.0 Å². The van der Waals surface area contributed by atoms with Crippen LogP contribution in [0.2, 0.25) is 0 Å². The number of anilines is 2. The van der Waals surface area contributed by atoms with E-state index < -0.39 is 6.09 Å². The molecule has 2 aliphatic carbocycles. The number of benzene rings is 2. The summed E-state index contributed by atoms with van der Waals surface area (Å²) >= 11 is 0. The highest BCUT2D eigenvalue weighted by atomic mass is 16.5. The van der Waals surface area contributed by atoms with E-state index in [1.54, 1.807) is 24.4 Å². The zero-order valence-electron chi connectivity index (χ0n) is 20.7. The first-order valence-corrected chi connectivity index (χ1v) is 13.1. The molecule has 2 aromatic carbocycles. The summed E-state index contributed by atoms with van der Waals surface area (Å²) in [4.78, 5) is 27.4. The van der Waals surface area contributed by atoms with E-state index in [0.717, 1.165) is 31.2 Å². The van der Waals surface area contributed by atoms with Crippen LogP contribution >= 0.6 is 0 Å². The van der Waals surface area contributed by atoms with Gasteiger partial charge in [-0.1, -0.05) is 31.4 Å². The number of nitrogens with one attached hydrogen (secondary N) is 2. The van der Waals surface area contributed by atoms with Crippen molar-refractivity contribution in [1.82, 2.24) is 15.1 Å². The fourth-order valence-electron chi connectivity index (χ4n) is 6.49. The number of methoxy groups -OCH3 is 1. The lowest BCUT2D eigenvalue weighted by Crippen LogP contribution is -2.41. The highest BCUT2D eigenvalue weighted by Crippen LogP contribution is 2.39. The van der Waals surface area contributed by atoms with Gasteiger partial charge < -0.3 is 20.3 Å². The molecular formula is C28H33N5O3. The van der Waals surface area contributed by atoms with E-state index >= 15 is 0 Å². The first-order chi connectivity index (χ1) is 17.6. The second-order valence-electron chi connectivity index (χ2n) is 10.4. The largest absolute Gasteiger partial charge is 0.451 e. The Labute approximate surface area is 211 Å². The molecule has 8 nitrogen and oxygen atoms in total. The Morgan fingerprint density at radius 2 is 1.92 bits per heavy atom. The number of nitrogens with zero attached hydrogens (tertiary/aromatic N) is 3. The third-order valence-corrected chi connectivity index (χ3v) is 8.38. The van der Waals surface area contributed by atoms with Gasteiger partial charge in [-0.2, -0.15) is 9.78 Å². The quantitative estimate of drug-likeness (QED) is 0.511. The lowest BCUT2D eigenvalue weighted by molar-refractivity contribution is 0.170. The van der Waals surface area contributed by atoms with E-state index in [0.29, 0.717) is 16.6 Å². The third-order valence-electron chi connectivity index (χ3n) is 8.38. The lowest BCUT2D eigenvalue weighted by atomic mass is 9.75.